The summed E-state index contributed by atoms with van der Waals surface area (Å²) in [7, 11) is 2.82. The van der Waals surface area contributed by atoms with Gasteiger partial charge in [-0.15, -0.1) is 0 Å². The number of amides is 1. The van der Waals surface area contributed by atoms with Crippen molar-refractivity contribution in [3.05, 3.63) is 93.0 Å². The second kappa shape index (κ2) is 10.9. The van der Waals surface area contributed by atoms with Gasteiger partial charge in [0, 0.05) is 36.8 Å². The molecule has 1 N–H and O–H groups in total. The molecule has 9 nitrogen and oxygen atoms in total. The Hall–Kier alpha value is -4.51. The second-order valence-corrected chi connectivity index (χ2v) is 9.45. The molecule has 0 radical (unpaired) electrons. The molecule has 3 heterocycles. The van der Waals surface area contributed by atoms with Crippen molar-refractivity contribution in [2.45, 2.75) is 12.3 Å². The van der Waals surface area contributed by atoms with Crippen LogP contribution in [0.5, 0.6) is 17.4 Å². The number of carbonyl (C=O) groups excluding carboxylic acids is 1. The van der Waals surface area contributed by atoms with Crippen molar-refractivity contribution in [2.75, 3.05) is 27.3 Å². The highest BCUT2D eigenvalue weighted by Gasteiger charge is 2.34. The van der Waals surface area contributed by atoms with E-state index in [4.69, 9.17) is 21.1 Å². The molecule has 1 unspecified atom stereocenters. The van der Waals surface area contributed by atoms with Crippen LogP contribution in [0.25, 0.3) is 17.1 Å². The van der Waals surface area contributed by atoms with Crippen LogP contribution < -0.4 is 15.0 Å². The van der Waals surface area contributed by atoms with Crippen LogP contribution in [0.4, 0.5) is 8.78 Å². The molecule has 0 spiro atoms. The Morgan fingerprint density at radius 2 is 1.82 bits per heavy atom. The molecule has 0 saturated carbocycles. The van der Waals surface area contributed by atoms with Gasteiger partial charge in [0.15, 0.2) is 11.4 Å². The van der Waals surface area contributed by atoms with Crippen LogP contribution in [-0.4, -0.2) is 57.8 Å². The summed E-state index contributed by atoms with van der Waals surface area (Å²) >= 11 is 5.95. The predicted octanol–water partition coefficient (Wildman–Crippen LogP) is 4.58. The molecule has 40 heavy (non-hydrogen) atoms. The summed E-state index contributed by atoms with van der Waals surface area (Å²) in [6.07, 6.45) is 1.75. The average Bonchev–Trinajstić information content (AvgIpc) is 3.43. The third-order valence-electron chi connectivity index (χ3n) is 6.77. The van der Waals surface area contributed by atoms with E-state index in [2.05, 4.69) is 9.97 Å². The van der Waals surface area contributed by atoms with Crippen LogP contribution in [0.2, 0.25) is 5.15 Å². The van der Waals surface area contributed by atoms with E-state index >= 15 is 0 Å². The van der Waals surface area contributed by atoms with Crippen molar-refractivity contribution < 1.29 is 28.2 Å². The van der Waals surface area contributed by atoms with Crippen LogP contribution in [0, 0.1) is 11.6 Å². The molecule has 12 heteroatoms. The predicted molar refractivity (Wildman–Crippen MR) is 142 cm³/mol. The first-order chi connectivity index (χ1) is 19.2. The number of rotatable bonds is 6. The number of aromatic hydroxyl groups is 1. The Labute approximate surface area is 232 Å². The number of para-hydroxylation sites is 1. The van der Waals surface area contributed by atoms with Crippen LogP contribution in [0.3, 0.4) is 0 Å². The highest BCUT2D eigenvalue weighted by Crippen LogP contribution is 2.36. The SMILES string of the molecule is COc1cccc(OC)c1-n1c(-c2ccc(Cl)nc2)nc(O)c(C(=O)N2CCC(c3ccc(F)cc3F)C2)c1=O. The minimum atomic E-state index is -0.887. The molecule has 0 bridgehead atoms. The van der Waals surface area contributed by atoms with Gasteiger partial charge in [-0.05, 0) is 42.3 Å². The zero-order valence-electron chi connectivity index (χ0n) is 21.4. The third kappa shape index (κ3) is 4.84. The monoisotopic (exact) mass is 568 g/mol. The van der Waals surface area contributed by atoms with E-state index in [1.807, 2.05) is 0 Å². The first-order valence-electron chi connectivity index (χ1n) is 12.2. The van der Waals surface area contributed by atoms with E-state index in [1.54, 1.807) is 24.3 Å². The van der Waals surface area contributed by atoms with Crippen molar-refractivity contribution in [2.24, 2.45) is 0 Å². The first-order valence-corrected chi connectivity index (χ1v) is 12.5. The van der Waals surface area contributed by atoms with E-state index < -0.39 is 40.5 Å². The van der Waals surface area contributed by atoms with Gasteiger partial charge in [-0.3, -0.25) is 14.2 Å². The number of methoxy groups -OCH3 is 2. The number of carbonyl (C=O) groups is 1. The molecule has 2 aromatic carbocycles. The van der Waals surface area contributed by atoms with Crippen molar-refractivity contribution in [3.63, 3.8) is 0 Å². The van der Waals surface area contributed by atoms with Crippen molar-refractivity contribution in [1.29, 1.82) is 0 Å². The minimum Gasteiger partial charge on any atom is -0.494 e. The highest BCUT2D eigenvalue weighted by atomic mass is 35.5. The molecule has 1 fully saturated rings. The van der Waals surface area contributed by atoms with Gasteiger partial charge in [0.2, 0.25) is 5.88 Å². The van der Waals surface area contributed by atoms with E-state index in [0.717, 1.165) is 16.7 Å². The zero-order chi connectivity index (χ0) is 28.6. The van der Waals surface area contributed by atoms with E-state index in [-0.39, 0.29) is 46.8 Å². The summed E-state index contributed by atoms with van der Waals surface area (Å²) < 4.78 is 39.9. The Kier molecular flexibility index (Phi) is 7.40. The largest absolute Gasteiger partial charge is 0.494 e. The summed E-state index contributed by atoms with van der Waals surface area (Å²) in [5, 5.41) is 11.1. The maximum absolute atomic E-state index is 14.4. The van der Waals surface area contributed by atoms with Gasteiger partial charge in [-0.1, -0.05) is 23.7 Å². The topological polar surface area (TPSA) is 107 Å². The maximum atomic E-state index is 14.4. The second-order valence-electron chi connectivity index (χ2n) is 9.06. The van der Waals surface area contributed by atoms with Crippen LogP contribution in [0.1, 0.15) is 28.3 Å². The standard InChI is InChI=1S/C28H23ClF2N4O5/c1-39-20-4-3-5-21(40-2)24(20)35-25(15-6-9-22(29)32-13-15)33-26(36)23(28(35)38)27(37)34-11-10-16(14-34)18-8-7-17(30)12-19(18)31/h3-9,12-13,16,36H,10-11,14H2,1-2H3. The first kappa shape index (κ1) is 27.1. The Bertz CT molecular complexity index is 1640. The zero-order valence-corrected chi connectivity index (χ0v) is 22.2. The lowest BCUT2D eigenvalue weighted by molar-refractivity contribution is 0.0784. The van der Waals surface area contributed by atoms with E-state index in [1.165, 1.54) is 37.4 Å². The summed E-state index contributed by atoms with van der Waals surface area (Å²) in [5.74, 6) is -2.98. The number of likely N-dealkylation sites (tertiary alicyclic amines) is 1. The quantitative estimate of drug-likeness (QED) is 0.339. The molecule has 5 rings (SSSR count). The Morgan fingerprint density at radius 1 is 1.10 bits per heavy atom. The van der Waals surface area contributed by atoms with Gasteiger partial charge in [0.1, 0.15) is 34.0 Å². The van der Waals surface area contributed by atoms with Crippen LogP contribution >= 0.6 is 11.6 Å². The van der Waals surface area contributed by atoms with Gasteiger partial charge in [0.25, 0.3) is 11.5 Å². The molecule has 2 aromatic heterocycles. The molecule has 1 amide bonds. The molecule has 1 aliphatic heterocycles. The lowest BCUT2D eigenvalue weighted by atomic mass is 9.98. The van der Waals surface area contributed by atoms with E-state index in [9.17, 15) is 23.5 Å². The molecule has 1 saturated heterocycles. The number of hydrogen-bond donors (Lipinski definition) is 1. The number of hydrogen-bond acceptors (Lipinski definition) is 7. The number of nitrogens with zero attached hydrogens (tertiary/aromatic N) is 4. The summed E-state index contributed by atoms with van der Waals surface area (Å²) in [6.45, 7) is 0.237. The average molecular weight is 569 g/mol. The third-order valence-corrected chi connectivity index (χ3v) is 6.99. The summed E-state index contributed by atoms with van der Waals surface area (Å²) in [6, 6.07) is 11.2. The van der Waals surface area contributed by atoms with Gasteiger partial charge >= 0.3 is 0 Å². The van der Waals surface area contributed by atoms with Gasteiger partial charge < -0.3 is 19.5 Å². The normalized spacial score (nSPS) is 14.8. The van der Waals surface area contributed by atoms with Crippen LogP contribution in [0.15, 0.2) is 59.5 Å². The summed E-state index contributed by atoms with van der Waals surface area (Å²) in [5.41, 5.74) is -0.741. The number of pyridine rings is 1. The van der Waals surface area contributed by atoms with Crippen molar-refractivity contribution >= 4 is 17.5 Å². The molecule has 0 aliphatic carbocycles. The van der Waals surface area contributed by atoms with Crippen molar-refractivity contribution in [3.8, 4) is 34.5 Å². The van der Waals surface area contributed by atoms with Gasteiger partial charge in [-0.25, -0.2) is 13.8 Å². The smallest absolute Gasteiger partial charge is 0.275 e. The van der Waals surface area contributed by atoms with E-state index in [0.29, 0.717) is 12.0 Å². The number of benzene rings is 2. The molecular formula is C28H23ClF2N4O5. The van der Waals surface area contributed by atoms with Gasteiger partial charge in [-0.2, -0.15) is 4.98 Å². The fraction of sp³-hybridized carbons (Fsp3) is 0.214. The lowest BCUT2D eigenvalue weighted by Gasteiger charge is -2.21. The highest BCUT2D eigenvalue weighted by molar-refractivity contribution is 6.29. The summed E-state index contributed by atoms with van der Waals surface area (Å²) in [4.78, 5) is 37.3. The number of halogens is 3. The van der Waals surface area contributed by atoms with Crippen molar-refractivity contribution in [1.82, 2.24) is 19.4 Å². The van der Waals surface area contributed by atoms with Gasteiger partial charge in [0.05, 0.1) is 14.2 Å². The lowest BCUT2D eigenvalue weighted by Crippen LogP contribution is -2.36. The van der Waals surface area contributed by atoms with Crippen LogP contribution in [-0.2, 0) is 0 Å². The fourth-order valence-electron chi connectivity index (χ4n) is 4.85. The fourth-order valence-corrected chi connectivity index (χ4v) is 4.96. The molecule has 1 atom stereocenters. The minimum absolute atomic E-state index is 0.0429. The molecular weight excluding hydrogens is 546 g/mol. The number of ether oxygens (including phenoxy) is 2. The molecule has 4 aromatic rings. The maximum Gasteiger partial charge on any atom is 0.275 e. The Morgan fingerprint density at radius 3 is 2.45 bits per heavy atom. The number of aromatic nitrogens is 3. The molecule has 206 valence electrons. The Balaban J connectivity index is 1.64. The molecule has 1 aliphatic rings.